The lowest BCUT2D eigenvalue weighted by atomic mass is 9.88. The number of amides is 1. The zero-order valence-electron chi connectivity index (χ0n) is 17.1. The van der Waals surface area contributed by atoms with Gasteiger partial charge in [-0.2, -0.15) is 0 Å². The fraction of sp³-hybridized carbons (Fsp3) is 0.200. The number of hydrogen-bond donors (Lipinski definition) is 1. The van der Waals surface area contributed by atoms with Crippen molar-refractivity contribution in [2.45, 2.75) is 25.4 Å². The fourth-order valence-electron chi connectivity index (χ4n) is 3.25. The van der Waals surface area contributed by atoms with Gasteiger partial charge in [-0.15, -0.1) is 0 Å². The topological polar surface area (TPSA) is 64.6 Å². The number of para-hydroxylation sites is 2. The minimum atomic E-state index is -0.936. The number of carbonyl (C=O) groups is 2. The van der Waals surface area contributed by atoms with E-state index in [-0.39, 0.29) is 12.3 Å². The smallest absolute Gasteiger partial charge is 0.307 e. The first-order valence-electron chi connectivity index (χ1n) is 9.81. The molecule has 0 bridgehead atoms. The van der Waals surface area contributed by atoms with Crippen LogP contribution in [0.5, 0.6) is 5.75 Å². The molecule has 0 spiro atoms. The van der Waals surface area contributed by atoms with E-state index in [4.69, 9.17) is 9.47 Å². The van der Waals surface area contributed by atoms with Gasteiger partial charge in [-0.25, -0.2) is 0 Å². The molecular weight excluding hydrogens is 378 g/mol. The lowest BCUT2D eigenvalue weighted by molar-refractivity contribution is -0.153. The Morgan fingerprint density at radius 3 is 1.93 bits per heavy atom. The Morgan fingerprint density at radius 2 is 1.37 bits per heavy atom. The minimum Gasteiger partial charge on any atom is -0.495 e. The number of methoxy groups -OCH3 is 1. The molecule has 0 saturated heterocycles. The molecule has 1 amide bonds. The van der Waals surface area contributed by atoms with Gasteiger partial charge in [0.25, 0.3) is 5.91 Å². The summed E-state index contributed by atoms with van der Waals surface area (Å²) in [6.07, 6.45) is -0.796. The van der Waals surface area contributed by atoms with Crippen molar-refractivity contribution in [3.63, 3.8) is 0 Å². The molecule has 0 fully saturated rings. The van der Waals surface area contributed by atoms with Crippen LogP contribution in [0.4, 0.5) is 5.69 Å². The van der Waals surface area contributed by atoms with Gasteiger partial charge in [-0.1, -0.05) is 72.8 Å². The van der Waals surface area contributed by atoms with Crippen molar-refractivity contribution in [2.75, 3.05) is 12.4 Å². The third kappa shape index (κ3) is 5.47. The summed E-state index contributed by atoms with van der Waals surface area (Å²) in [4.78, 5) is 25.2. The van der Waals surface area contributed by atoms with Crippen LogP contribution in [-0.4, -0.2) is 25.1 Å². The monoisotopic (exact) mass is 403 g/mol. The fourth-order valence-corrected chi connectivity index (χ4v) is 3.25. The van der Waals surface area contributed by atoms with Gasteiger partial charge in [-0.3, -0.25) is 9.59 Å². The zero-order valence-corrected chi connectivity index (χ0v) is 17.1. The quantitative estimate of drug-likeness (QED) is 0.550. The van der Waals surface area contributed by atoms with Crippen LogP contribution in [0, 0.1) is 0 Å². The molecule has 3 aromatic carbocycles. The Labute approximate surface area is 176 Å². The number of benzene rings is 3. The van der Waals surface area contributed by atoms with E-state index < -0.39 is 18.0 Å². The Kier molecular flexibility index (Phi) is 7.22. The van der Waals surface area contributed by atoms with Crippen molar-refractivity contribution in [1.29, 1.82) is 0 Å². The van der Waals surface area contributed by atoms with Crippen molar-refractivity contribution in [3.05, 3.63) is 96.1 Å². The average Bonchev–Trinajstić information content (AvgIpc) is 2.79. The van der Waals surface area contributed by atoms with Gasteiger partial charge >= 0.3 is 5.97 Å². The molecule has 0 radical (unpaired) electrons. The highest BCUT2D eigenvalue weighted by atomic mass is 16.5. The highest BCUT2D eigenvalue weighted by Gasteiger charge is 2.23. The summed E-state index contributed by atoms with van der Waals surface area (Å²) < 4.78 is 10.7. The molecule has 3 rings (SSSR count). The highest BCUT2D eigenvalue weighted by molar-refractivity contribution is 5.96. The molecule has 5 heteroatoms. The largest absolute Gasteiger partial charge is 0.495 e. The van der Waals surface area contributed by atoms with Crippen molar-refractivity contribution in [3.8, 4) is 5.75 Å². The normalized spacial score (nSPS) is 11.6. The second kappa shape index (κ2) is 10.3. The summed E-state index contributed by atoms with van der Waals surface area (Å²) in [5, 5.41) is 2.74. The molecule has 30 heavy (non-hydrogen) atoms. The maximum atomic E-state index is 12.7. The molecular formula is C25H25NO4. The summed E-state index contributed by atoms with van der Waals surface area (Å²) in [7, 11) is 1.53. The van der Waals surface area contributed by atoms with Crippen LogP contribution < -0.4 is 10.1 Å². The Morgan fingerprint density at radius 1 is 0.833 bits per heavy atom. The lowest BCUT2D eigenvalue weighted by Gasteiger charge is -2.19. The number of rotatable bonds is 8. The summed E-state index contributed by atoms with van der Waals surface area (Å²) in [6.45, 7) is 1.56. The van der Waals surface area contributed by atoms with E-state index in [0.29, 0.717) is 11.4 Å². The first-order chi connectivity index (χ1) is 14.6. The maximum absolute atomic E-state index is 12.7. The van der Waals surface area contributed by atoms with Crippen LogP contribution in [0.2, 0.25) is 0 Å². The highest BCUT2D eigenvalue weighted by Crippen LogP contribution is 2.28. The number of carbonyl (C=O) groups excluding carboxylic acids is 2. The Hall–Kier alpha value is -3.60. The third-order valence-corrected chi connectivity index (χ3v) is 4.82. The van der Waals surface area contributed by atoms with Crippen molar-refractivity contribution < 1.29 is 19.1 Å². The van der Waals surface area contributed by atoms with Crippen LogP contribution in [0.3, 0.4) is 0 Å². The summed E-state index contributed by atoms with van der Waals surface area (Å²) in [5.74, 6) is -0.457. The van der Waals surface area contributed by atoms with Crippen LogP contribution in [0.1, 0.15) is 30.4 Å². The predicted octanol–water partition coefficient (Wildman–Crippen LogP) is 4.79. The Balaban J connectivity index is 1.67. The molecule has 0 aliphatic heterocycles. The van der Waals surface area contributed by atoms with Crippen molar-refractivity contribution in [2.24, 2.45) is 0 Å². The first-order valence-corrected chi connectivity index (χ1v) is 9.81. The van der Waals surface area contributed by atoms with Gasteiger partial charge in [0.05, 0.1) is 19.2 Å². The van der Waals surface area contributed by atoms with Crippen molar-refractivity contribution >= 4 is 17.6 Å². The second-order valence-electron chi connectivity index (χ2n) is 6.90. The number of nitrogens with one attached hydrogen (secondary N) is 1. The van der Waals surface area contributed by atoms with Gasteiger partial charge in [0.2, 0.25) is 0 Å². The average molecular weight is 403 g/mol. The summed E-state index contributed by atoms with van der Waals surface area (Å²) in [5.41, 5.74) is 2.57. The molecule has 3 aromatic rings. The number of esters is 1. The van der Waals surface area contributed by atoms with Crippen LogP contribution in [0.15, 0.2) is 84.9 Å². The lowest BCUT2D eigenvalue weighted by Crippen LogP contribution is -2.30. The van der Waals surface area contributed by atoms with Gasteiger partial charge in [0, 0.05) is 5.92 Å². The molecule has 0 saturated carbocycles. The summed E-state index contributed by atoms with van der Waals surface area (Å²) in [6, 6.07) is 26.7. The second-order valence-corrected chi connectivity index (χ2v) is 6.90. The van der Waals surface area contributed by atoms with E-state index >= 15 is 0 Å². The van der Waals surface area contributed by atoms with E-state index in [0.717, 1.165) is 11.1 Å². The van der Waals surface area contributed by atoms with Gasteiger partial charge in [-0.05, 0) is 30.2 Å². The van der Waals surface area contributed by atoms with E-state index in [2.05, 4.69) is 5.32 Å². The van der Waals surface area contributed by atoms with Crippen LogP contribution >= 0.6 is 0 Å². The summed E-state index contributed by atoms with van der Waals surface area (Å²) >= 11 is 0. The number of hydrogen-bond acceptors (Lipinski definition) is 4. The standard InChI is InChI=1S/C25H25NO4/c1-18(25(28)26-22-15-9-10-16-23(22)29-2)30-24(27)17-21(19-11-5-3-6-12-19)20-13-7-4-8-14-20/h3-16,18,21H,17H2,1-2H3,(H,26,28)/t18-/m0/s1. The third-order valence-electron chi connectivity index (χ3n) is 4.82. The number of anilines is 1. The van der Waals surface area contributed by atoms with E-state index in [1.807, 2.05) is 66.7 Å². The van der Waals surface area contributed by atoms with E-state index in [1.165, 1.54) is 7.11 Å². The molecule has 154 valence electrons. The first kappa shape index (κ1) is 21.1. The Bertz CT molecular complexity index is 933. The minimum absolute atomic E-state index is 0.139. The zero-order chi connectivity index (χ0) is 21.3. The molecule has 0 aliphatic carbocycles. The maximum Gasteiger partial charge on any atom is 0.307 e. The molecule has 1 atom stereocenters. The van der Waals surface area contributed by atoms with Crippen molar-refractivity contribution in [1.82, 2.24) is 0 Å². The number of ether oxygens (including phenoxy) is 2. The van der Waals surface area contributed by atoms with E-state index in [9.17, 15) is 9.59 Å². The molecule has 0 heterocycles. The predicted molar refractivity (Wildman–Crippen MR) is 117 cm³/mol. The molecule has 5 nitrogen and oxygen atoms in total. The van der Waals surface area contributed by atoms with Crippen LogP contribution in [0.25, 0.3) is 0 Å². The van der Waals surface area contributed by atoms with Gasteiger partial charge in [0.15, 0.2) is 6.10 Å². The van der Waals surface area contributed by atoms with Crippen LogP contribution in [-0.2, 0) is 14.3 Å². The molecule has 1 N–H and O–H groups in total. The molecule has 0 aliphatic rings. The SMILES string of the molecule is COc1ccccc1NC(=O)[C@H](C)OC(=O)CC(c1ccccc1)c1ccccc1. The van der Waals surface area contributed by atoms with Gasteiger partial charge < -0.3 is 14.8 Å². The van der Waals surface area contributed by atoms with Gasteiger partial charge in [0.1, 0.15) is 5.75 Å². The van der Waals surface area contributed by atoms with E-state index in [1.54, 1.807) is 25.1 Å². The molecule has 0 aromatic heterocycles. The molecule has 0 unspecified atom stereocenters.